The highest BCUT2D eigenvalue weighted by Gasteiger charge is 2.08. The van der Waals surface area contributed by atoms with Crippen LogP contribution < -0.4 is 9.47 Å². The van der Waals surface area contributed by atoms with Crippen LogP contribution in [0.3, 0.4) is 0 Å². The number of methoxy groups -OCH3 is 1. The minimum absolute atomic E-state index is 0.131. The lowest BCUT2D eigenvalue weighted by atomic mass is 10.2. The predicted molar refractivity (Wildman–Crippen MR) is 49.9 cm³/mol. The maximum absolute atomic E-state index is 11.9. The second-order valence-electron chi connectivity index (χ2n) is 2.72. The van der Waals surface area contributed by atoms with Crippen LogP contribution in [0.2, 0.25) is 0 Å². The molecule has 82 valence electrons. The normalized spacial score (nSPS) is 10.1. The van der Waals surface area contributed by atoms with Crippen molar-refractivity contribution in [3.8, 4) is 11.5 Å². The highest BCUT2D eigenvalue weighted by molar-refractivity contribution is 5.80. The largest absolute Gasteiger partial charge is 0.497 e. The zero-order valence-corrected chi connectivity index (χ0v) is 8.07. The molecule has 0 aromatic heterocycles. The second-order valence-corrected chi connectivity index (χ2v) is 2.72. The van der Waals surface area contributed by atoms with E-state index in [4.69, 9.17) is 9.47 Å². The summed E-state index contributed by atoms with van der Waals surface area (Å²) < 4.78 is 33.4. The standard InChI is InChI=1S/C10H10F2O3/c1-14-8-2-3-9(7(4-8)5-13)15-6-10(11)12/h2-5,10H,6H2,1H3. The molecule has 0 fully saturated rings. The van der Waals surface area contributed by atoms with Gasteiger partial charge in [0.05, 0.1) is 12.7 Å². The summed E-state index contributed by atoms with van der Waals surface area (Å²) in [5.74, 6) is 0.604. The Labute approximate surface area is 85.6 Å². The zero-order chi connectivity index (χ0) is 11.3. The molecule has 0 saturated carbocycles. The molecular weight excluding hydrogens is 206 g/mol. The van der Waals surface area contributed by atoms with E-state index >= 15 is 0 Å². The topological polar surface area (TPSA) is 35.5 Å². The Kier molecular flexibility index (Phi) is 4.03. The fraction of sp³-hybridized carbons (Fsp3) is 0.300. The van der Waals surface area contributed by atoms with Crippen molar-refractivity contribution in [2.75, 3.05) is 13.7 Å². The molecular formula is C10H10F2O3. The number of hydrogen-bond donors (Lipinski definition) is 0. The van der Waals surface area contributed by atoms with E-state index in [-0.39, 0.29) is 11.3 Å². The van der Waals surface area contributed by atoms with Gasteiger partial charge in [-0.3, -0.25) is 4.79 Å². The molecule has 15 heavy (non-hydrogen) atoms. The van der Waals surface area contributed by atoms with Gasteiger partial charge in [-0.2, -0.15) is 0 Å². The summed E-state index contributed by atoms with van der Waals surface area (Å²) in [6.45, 7) is -0.729. The van der Waals surface area contributed by atoms with Gasteiger partial charge in [0.15, 0.2) is 6.29 Å². The van der Waals surface area contributed by atoms with Gasteiger partial charge in [-0.05, 0) is 18.2 Å². The van der Waals surface area contributed by atoms with Crippen molar-refractivity contribution in [2.24, 2.45) is 0 Å². The monoisotopic (exact) mass is 216 g/mol. The molecule has 0 saturated heterocycles. The molecule has 0 aliphatic rings. The molecule has 0 unspecified atom stereocenters. The van der Waals surface area contributed by atoms with Crippen LogP contribution in [-0.4, -0.2) is 26.4 Å². The van der Waals surface area contributed by atoms with Gasteiger partial charge in [-0.1, -0.05) is 0 Å². The summed E-state index contributed by atoms with van der Waals surface area (Å²) in [4.78, 5) is 10.6. The van der Waals surface area contributed by atoms with Gasteiger partial charge in [0.1, 0.15) is 18.1 Å². The molecule has 1 aromatic rings. The fourth-order valence-corrected chi connectivity index (χ4v) is 1.03. The van der Waals surface area contributed by atoms with E-state index in [2.05, 4.69) is 0 Å². The van der Waals surface area contributed by atoms with Crippen LogP contribution in [-0.2, 0) is 0 Å². The summed E-state index contributed by atoms with van der Waals surface area (Å²) in [7, 11) is 1.45. The smallest absolute Gasteiger partial charge is 0.272 e. The lowest BCUT2D eigenvalue weighted by Gasteiger charge is -2.08. The molecule has 0 heterocycles. The molecule has 0 spiro atoms. The quantitative estimate of drug-likeness (QED) is 0.707. The number of ether oxygens (including phenoxy) is 2. The first-order valence-electron chi connectivity index (χ1n) is 4.21. The van der Waals surface area contributed by atoms with E-state index in [0.717, 1.165) is 0 Å². The zero-order valence-electron chi connectivity index (χ0n) is 8.07. The number of carbonyl (C=O) groups excluding carboxylic acids is 1. The number of alkyl halides is 2. The maximum Gasteiger partial charge on any atom is 0.272 e. The van der Waals surface area contributed by atoms with E-state index in [0.29, 0.717) is 12.0 Å². The Hall–Kier alpha value is -1.65. The second kappa shape index (κ2) is 5.29. The van der Waals surface area contributed by atoms with Crippen molar-refractivity contribution in [2.45, 2.75) is 6.43 Å². The van der Waals surface area contributed by atoms with Crippen molar-refractivity contribution in [3.63, 3.8) is 0 Å². The van der Waals surface area contributed by atoms with Crippen molar-refractivity contribution in [1.29, 1.82) is 0 Å². The number of halogens is 2. The van der Waals surface area contributed by atoms with E-state index in [1.54, 1.807) is 0 Å². The van der Waals surface area contributed by atoms with E-state index in [1.807, 2.05) is 0 Å². The highest BCUT2D eigenvalue weighted by atomic mass is 19.3. The molecule has 0 bridgehead atoms. The third kappa shape index (κ3) is 3.19. The van der Waals surface area contributed by atoms with Gasteiger partial charge in [0.25, 0.3) is 6.43 Å². The minimum atomic E-state index is -2.56. The molecule has 0 radical (unpaired) electrons. The Morgan fingerprint density at radius 1 is 1.47 bits per heavy atom. The maximum atomic E-state index is 11.9. The van der Waals surface area contributed by atoms with E-state index < -0.39 is 13.0 Å². The van der Waals surface area contributed by atoms with Gasteiger partial charge < -0.3 is 9.47 Å². The van der Waals surface area contributed by atoms with E-state index in [9.17, 15) is 13.6 Å². The van der Waals surface area contributed by atoms with Gasteiger partial charge >= 0.3 is 0 Å². The van der Waals surface area contributed by atoms with Gasteiger partial charge in [0, 0.05) is 0 Å². The summed E-state index contributed by atoms with van der Waals surface area (Å²) in [6, 6.07) is 4.38. The summed E-state index contributed by atoms with van der Waals surface area (Å²) in [5.41, 5.74) is 0.190. The molecule has 3 nitrogen and oxygen atoms in total. The first-order valence-corrected chi connectivity index (χ1v) is 4.21. The third-order valence-corrected chi connectivity index (χ3v) is 1.71. The summed E-state index contributed by atoms with van der Waals surface area (Å²) in [6.07, 6.45) is -2.03. The van der Waals surface area contributed by atoms with Crippen molar-refractivity contribution in [3.05, 3.63) is 23.8 Å². The number of aldehydes is 1. The molecule has 5 heteroatoms. The average Bonchev–Trinajstić information content (AvgIpc) is 2.25. The fourth-order valence-electron chi connectivity index (χ4n) is 1.03. The SMILES string of the molecule is COc1ccc(OCC(F)F)c(C=O)c1. The average molecular weight is 216 g/mol. The first kappa shape index (κ1) is 11.4. The third-order valence-electron chi connectivity index (χ3n) is 1.71. The molecule has 1 rings (SSSR count). The Bertz CT molecular complexity index is 339. The molecule has 0 aliphatic carbocycles. The van der Waals surface area contributed by atoms with Crippen LogP contribution in [0.5, 0.6) is 11.5 Å². The molecule has 0 N–H and O–H groups in total. The summed E-state index contributed by atoms with van der Waals surface area (Å²) >= 11 is 0. The van der Waals surface area contributed by atoms with Gasteiger partial charge in [-0.15, -0.1) is 0 Å². The summed E-state index contributed by atoms with van der Waals surface area (Å²) in [5, 5.41) is 0. The lowest BCUT2D eigenvalue weighted by molar-refractivity contribution is 0.0809. The van der Waals surface area contributed by atoms with E-state index in [1.165, 1.54) is 25.3 Å². The number of hydrogen-bond acceptors (Lipinski definition) is 3. The molecule has 0 amide bonds. The van der Waals surface area contributed by atoms with Crippen molar-refractivity contribution < 1.29 is 23.0 Å². The number of benzene rings is 1. The van der Waals surface area contributed by atoms with Crippen LogP contribution in [0, 0.1) is 0 Å². The minimum Gasteiger partial charge on any atom is -0.497 e. The number of rotatable bonds is 5. The van der Waals surface area contributed by atoms with Crippen LogP contribution in [0.15, 0.2) is 18.2 Å². The Balaban J connectivity index is 2.82. The van der Waals surface area contributed by atoms with Crippen molar-refractivity contribution >= 4 is 6.29 Å². The highest BCUT2D eigenvalue weighted by Crippen LogP contribution is 2.22. The Morgan fingerprint density at radius 2 is 2.20 bits per heavy atom. The van der Waals surface area contributed by atoms with Crippen LogP contribution >= 0.6 is 0 Å². The number of carbonyl (C=O) groups is 1. The molecule has 1 aromatic carbocycles. The van der Waals surface area contributed by atoms with Crippen molar-refractivity contribution in [1.82, 2.24) is 0 Å². The van der Waals surface area contributed by atoms with Crippen LogP contribution in [0.4, 0.5) is 8.78 Å². The van der Waals surface area contributed by atoms with Gasteiger partial charge in [-0.25, -0.2) is 8.78 Å². The lowest BCUT2D eigenvalue weighted by Crippen LogP contribution is -2.08. The molecule has 0 aliphatic heterocycles. The molecule has 0 atom stereocenters. The van der Waals surface area contributed by atoms with Crippen LogP contribution in [0.1, 0.15) is 10.4 Å². The van der Waals surface area contributed by atoms with Crippen LogP contribution in [0.25, 0.3) is 0 Å². The first-order chi connectivity index (χ1) is 7.17. The Morgan fingerprint density at radius 3 is 2.73 bits per heavy atom. The predicted octanol–water partition coefficient (Wildman–Crippen LogP) is 2.15. The van der Waals surface area contributed by atoms with Gasteiger partial charge in [0.2, 0.25) is 0 Å².